The second-order valence-electron chi connectivity index (χ2n) is 6.98. The van der Waals surface area contributed by atoms with E-state index in [1.807, 2.05) is 30.3 Å². The number of benzene rings is 1. The number of rotatable bonds is 4. The Balaban J connectivity index is 1.56. The minimum absolute atomic E-state index is 0.0148. The summed E-state index contributed by atoms with van der Waals surface area (Å²) in [6.07, 6.45) is 2.17. The molecule has 0 radical (unpaired) electrons. The predicted octanol–water partition coefficient (Wildman–Crippen LogP) is 1.43. The van der Waals surface area contributed by atoms with Crippen molar-refractivity contribution in [2.24, 2.45) is 11.8 Å². The van der Waals surface area contributed by atoms with Crippen molar-refractivity contribution in [2.75, 3.05) is 25.0 Å². The number of likely N-dealkylation sites (tertiary alicyclic amines) is 1. The first-order chi connectivity index (χ1) is 12.0. The van der Waals surface area contributed by atoms with Gasteiger partial charge in [-0.2, -0.15) is 0 Å². The molecule has 0 aliphatic carbocycles. The van der Waals surface area contributed by atoms with Gasteiger partial charge in [0.15, 0.2) is 0 Å². The largest absolute Gasteiger partial charge is 0.341 e. The molecule has 2 N–H and O–H groups in total. The molecule has 1 aromatic carbocycles. The molecule has 6 heteroatoms. The zero-order chi connectivity index (χ0) is 17.8. The molecule has 2 amide bonds. The molecule has 25 heavy (non-hydrogen) atoms. The predicted molar refractivity (Wildman–Crippen MR) is 95.0 cm³/mol. The van der Waals surface area contributed by atoms with Gasteiger partial charge in [0.2, 0.25) is 11.8 Å². The number of Topliss-reactive ketones (excluding diaryl/α,β-unsaturated/α-hetero) is 1. The van der Waals surface area contributed by atoms with Gasteiger partial charge in [-0.3, -0.25) is 14.4 Å². The molecule has 0 saturated carbocycles. The summed E-state index contributed by atoms with van der Waals surface area (Å²) in [4.78, 5) is 38.5. The summed E-state index contributed by atoms with van der Waals surface area (Å²) in [7, 11) is 0. The Labute approximate surface area is 148 Å². The van der Waals surface area contributed by atoms with E-state index in [1.54, 1.807) is 11.8 Å². The molecular weight excluding hydrogens is 318 g/mol. The van der Waals surface area contributed by atoms with E-state index in [2.05, 4.69) is 10.6 Å². The first kappa shape index (κ1) is 17.6. The van der Waals surface area contributed by atoms with E-state index in [-0.39, 0.29) is 35.5 Å². The van der Waals surface area contributed by atoms with Gasteiger partial charge in [0.25, 0.3) is 0 Å². The molecule has 2 heterocycles. The number of para-hydroxylation sites is 1. The quantitative estimate of drug-likeness (QED) is 0.867. The van der Waals surface area contributed by atoms with Gasteiger partial charge in [-0.25, -0.2) is 0 Å². The number of ketones is 1. The molecule has 2 fully saturated rings. The van der Waals surface area contributed by atoms with E-state index in [1.165, 1.54) is 0 Å². The molecule has 0 spiro atoms. The third kappa shape index (κ3) is 4.25. The average molecular weight is 343 g/mol. The van der Waals surface area contributed by atoms with Gasteiger partial charge in [-0.05, 0) is 38.3 Å². The maximum absolute atomic E-state index is 12.7. The third-order valence-electron chi connectivity index (χ3n) is 5.15. The van der Waals surface area contributed by atoms with Gasteiger partial charge in [0.1, 0.15) is 5.78 Å². The smallest absolute Gasteiger partial charge is 0.239 e. The monoisotopic (exact) mass is 343 g/mol. The van der Waals surface area contributed by atoms with Crippen LogP contribution < -0.4 is 10.6 Å². The van der Waals surface area contributed by atoms with E-state index in [4.69, 9.17) is 0 Å². The van der Waals surface area contributed by atoms with Gasteiger partial charge in [0.05, 0.1) is 12.0 Å². The molecule has 134 valence electrons. The molecule has 2 saturated heterocycles. The van der Waals surface area contributed by atoms with Crippen molar-refractivity contribution >= 4 is 23.3 Å². The highest BCUT2D eigenvalue weighted by molar-refractivity contribution is 5.93. The number of piperidine rings is 1. The SMILES string of the molecule is CC(=O)C1CNC(C(=O)N2CCCC(C(=O)Nc3ccccc3)C2)C1. The van der Waals surface area contributed by atoms with Gasteiger partial charge >= 0.3 is 0 Å². The summed E-state index contributed by atoms with van der Waals surface area (Å²) >= 11 is 0. The van der Waals surface area contributed by atoms with E-state index >= 15 is 0 Å². The Morgan fingerprint density at radius 1 is 1.16 bits per heavy atom. The van der Waals surface area contributed by atoms with Crippen molar-refractivity contribution in [2.45, 2.75) is 32.2 Å². The summed E-state index contributed by atoms with van der Waals surface area (Å²) < 4.78 is 0. The highest BCUT2D eigenvalue weighted by Crippen LogP contribution is 2.22. The fourth-order valence-corrected chi connectivity index (χ4v) is 3.61. The highest BCUT2D eigenvalue weighted by atomic mass is 16.2. The normalized spacial score (nSPS) is 26.3. The van der Waals surface area contributed by atoms with Gasteiger partial charge < -0.3 is 15.5 Å². The molecule has 2 aliphatic heterocycles. The molecule has 3 rings (SSSR count). The number of carbonyl (C=O) groups excluding carboxylic acids is 3. The number of anilines is 1. The van der Waals surface area contributed by atoms with E-state index in [0.717, 1.165) is 18.5 Å². The molecule has 6 nitrogen and oxygen atoms in total. The van der Waals surface area contributed by atoms with Crippen LogP contribution in [0.25, 0.3) is 0 Å². The zero-order valence-corrected chi connectivity index (χ0v) is 14.5. The van der Waals surface area contributed by atoms with Crippen molar-refractivity contribution in [3.05, 3.63) is 30.3 Å². The van der Waals surface area contributed by atoms with Crippen molar-refractivity contribution in [1.82, 2.24) is 10.2 Å². The minimum atomic E-state index is -0.301. The van der Waals surface area contributed by atoms with Crippen molar-refractivity contribution in [1.29, 1.82) is 0 Å². The number of hydrogen-bond acceptors (Lipinski definition) is 4. The lowest BCUT2D eigenvalue weighted by Gasteiger charge is -2.33. The van der Waals surface area contributed by atoms with Crippen LogP contribution in [0.3, 0.4) is 0 Å². The molecule has 2 aliphatic rings. The Kier molecular flexibility index (Phi) is 5.48. The molecule has 0 aromatic heterocycles. The summed E-state index contributed by atoms with van der Waals surface area (Å²) in [5.74, 6) is -0.161. The Morgan fingerprint density at radius 3 is 2.60 bits per heavy atom. The van der Waals surface area contributed by atoms with Crippen LogP contribution >= 0.6 is 0 Å². The maximum Gasteiger partial charge on any atom is 0.239 e. The van der Waals surface area contributed by atoms with Crippen LogP contribution in [-0.4, -0.2) is 48.2 Å². The maximum atomic E-state index is 12.7. The number of carbonyl (C=O) groups is 3. The number of nitrogens with one attached hydrogen (secondary N) is 2. The zero-order valence-electron chi connectivity index (χ0n) is 14.5. The van der Waals surface area contributed by atoms with Crippen LogP contribution in [0.1, 0.15) is 26.2 Å². The lowest BCUT2D eigenvalue weighted by atomic mass is 9.95. The fourth-order valence-electron chi connectivity index (χ4n) is 3.61. The van der Waals surface area contributed by atoms with E-state index < -0.39 is 0 Å². The highest BCUT2D eigenvalue weighted by Gasteiger charge is 2.36. The average Bonchev–Trinajstić information content (AvgIpc) is 3.12. The van der Waals surface area contributed by atoms with Crippen LogP contribution in [-0.2, 0) is 14.4 Å². The summed E-state index contributed by atoms with van der Waals surface area (Å²) in [5, 5.41) is 6.08. The lowest BCUT2D eigenvalue weighted by molar-refractivity contribution is -0.136. The van der Waals surface area contributed by atoms with E-state index in [0.29, 0.717) is 26.1 Å². The molecule has 1 aromatic rings. The van der Waals surface area contributed by atoms with Gasteiger partial charge in [-0.1, -0.05) is 18.2 Å². The summed E-state index contributed by atoms with van der Waals surface area (Å²) in [6, 6.07) is 9.07. The number of hydrogen-bond donors (Lipinski definition) is 2. The molecule has 0 bridgehead atoms. The first-order valence-electron chi connectivity index (χ1n) is 8.93. The Hall–Kier alpha value is -2.21. The fraction of sp³-hybridized carbons (Fsp3) is 0.526. The Morgan fingerprint density at radius 2 is 1.92 bits per heavy atom. The number of amides is 2. The topological polar surface area (TPSA) is 78.5 Å². The van der Waals surface area contributed by atoms with Crippen LogP contribution in [0.2, 0.25) is 0 Å². The molecule has 3 atom stereocenters. The van der Waals surface area contributed by atoms with Crippen LogP contribution in [0.4, 0.5) is 5.69 Å². The van der Waals surface area contributed by atoms with Gasteiger partial charge in [0, 0.05) is 31.2 Å². The van der Waals surface area contributed by atoms with Crippen molar-refractivity contribution in [3.8, 4) is 0 Å². The van der Waals surface area contributed by atoms with Crippen LogP contribution in [0.15, 0.2) is 30.3 Å². The van der Waals surface area contributed by atoms with Gasteiger partial charge in [-0.15, -0.1) is 0 Å². The Bertz CT molecular complexity index is 647. The van der Waals surface area contributed by atoms with Crippen LogP contribution in [0.5, 0.6) is 0 Å². The summed E-state index contributed by atoms with van der Waals surface area (Å²) in [6.45, 7) is 3.26. The second-order valence-corrected chi connectivity index (χ2v) is 6.98. The van der Waals surface area contributed by atoms with E-state index in [9.17, 15) is 14.4 Å². The third-order valence-corrected chi connectivity index (χ3v) is 5.15. The van der Waals surface area contributed by atoms with Crippen molar-refractivity contribution < 1.29 is 14.4 Å². The minimum Gasteiger partial charge on any atom is -0.341 e. The molecule has 3 unspecified atom stereocenters. The standard InChI is InChI=1S/C19H25N3O3/c1-13(23)15-10-17(20-11-15)19(25)22-9-5-6-14(12-22)18(24)21-16-7-3-2-4-8-16/h2-4,7-8,14-15,17,20H,5-6,9-12H2,1H3,(H,21,24). The lowest BCUT2D eigenvalue weighted by Crippen LogP contribution is -2.49. The molecular formula is C19H25N3O3. The van der Waals surface area contributed by atoms with Crippen LogP contribution in [0, 0.1) is 11.8 Å². The summed E-state index contributed by atoms with van der Waals surface area (Å²) in [5.41, 5.74) is 0.776. The number of nitrogens with zero attached hydrogens (tertiary/aromatic N) is 1. The second kappa shape index (κ2) is 7.78. The van der Waals surface area contributed by atoms with Crippen molar-refractivity contribution in [3.63, 3.8) is 0 Å². The first-order valence-corrected chi connectivity index (χ1v) is 8.93.